The molecule has 1 heterocycles. The van der Waals surface area contributed by atoms with Gasteiger partial charge in [0, 0.05) is 6.20 Å². The third-order valence-electron chi connectivity index (χ3n) is 0.898. The molecule has 46 valence electrons. The first-order valence-corrected chi connectivity index (χ1v) is 2.35. The van der Waals surface area contributed by atoms with Crippen molar-refractivity contribution in [2.24, 2.45) is 5.11 Å². The number of hydrogen-bond donors (Lipinski definition) is 2. The third-order valence-corrected chi connectivity index (χ3v) is 0.898. The lowest BCUT2D eigenvalue weighted by Gasteiger charge is -1.90. The Labute approximate surface area is 51.7 Å². The summed E-state index contributed by atoms with van der Waals surface area (Å²) < 4.78 is 0. The molecule has 9 heavy (non-hydrogen) atoms. The zero-order chi connectivity index (χ0) is 6.69. The molecule has 1 rings (SSSR count). The highest BCUT2D eigenvalue weighted by Gasteiger charge is 1.93. The fourth-order valence-electron chi connectivity index (χ4n) is 0.473. The van der Waals surface area contributed by atoms with Crippen LogP contribution in [0.15, 0.2) is 23.6 Å². The molecule has 0 saturated carbocycles. The lowest BCUT2D eigenvalue weighted by atomic mass is 10.4. The van der Waals surface area contributed by atoms with Crippen molar-refractivity contribution in [2.75, 3.05) is 0 Å². The third kappa shape index (κ3) is 1.02. The zero-order valence-electron chi connectivity index (χ0n) is 4.57. The van der Waals surface area contributed by atoms with Crippen LogP contribution in [0.5, 0.6) is 5.75 Å². The summed E-state index contributed by atoms with van der Waals surface area (Å²) in [4.78, 5) is 3.60. The molecular weight excluding hydrogens is 118 g/mol. The molecule has 0 aliphatic carbocycles. The van der Waals surface area contributed by atoms with Crippen molar-refractivity contribution in [2.45, 2.75) is 0 Å². The van der Waals surface area contributed by atoms with Gasteiger partial charge < -0.3 is 5.11 Å². The molecule has 0 bridgehead atoms. The van der Waals surface area contributed by atoms with Gasteiger partial charge in [0.15, 0.2) is 5.75 Å². The molecule has 0 unspecified atom stereocenters. The molecule has 2 N–H and O–H groups in total. The number of pyridine rings is 1. The minimum atomic E-state index is -0.0625. The summed E-state index contributed by atoms with van der Waals surface area (Å²) in [5, 5.41) is 11.9. The van der Waals surface area contributed by atoms with Crippen LogP contribution in [0.1, 0.15) is 0 Å². The van der Waals surface area contributed by atoms with Crippen molar-refractivity contribution in [1.82, 2.24) is 4.98 Å². The monoisotopic (exact) mass is 123 g/mol. The van der Waals surface area contributed by atoms with Gasteiger partial charge in [-0.1, -0.05) is 0 Å². The first-order chi connectivity index (χ1) is 4.34. The molecule has 1 aromatic rings. The Bertz CT molecular complexity index is 223. The summed E-state index contributed by atoms with van der Waals surface area (Å²) in [7, 11) is 0. The average Bonchev–Trinajstić information content (AvgIpc) is 1.89. The molecule has 0 saturated heterocycles. The predicted octanol–water partition coefficient (Wildman–Crippen LogP) is 1.45. The number of aromatic nitrogens is 1. The van der Waals surface area contributed by atoms with E-state index in [1.165, 1.54) is 18.5 Å². The minimum Gasteiger partial charge on any atom is -0.504 e. The van der Waals surface area contributed by atoms with E-state index in [1.807, 2.05) is 0 Å². The summed E-state index contributed by atoms with van der Waals surface area (Å²) in [5.74, 6) is -0.0625. The van der Waals surface area contributed by atoms with E-state index in [9.17, 15) is 0 Å². The summed E-state index contributed by atoms with van der Waals surface area (Å²) in [6.45, 7) is 0. The molecule has 0 radical (unpaired) electrons. The fourth-order valence-corrected chi connectivity index (χ4v) is 0.473. The van der Waals surface area contributed by atoms with E-state index in [2.05, 4.69) is 10.1 Å². The molecule has 0 aliphatic rings. The molecular formula is C5H5N3O. The number of nitrogens with zero attached hydrogens (tertiary/aromatic N) is 2. The van der Waals surface area contributed by atoms with Crippen LogP contribution in [-0.2, 0) is 0 Å². The molecule has 0 aromatic carbocycles. The highest BCUT2D eigenvalue weighted by atomic mass is 16.3. The summed E-state index contributed by atoms with van der Waals surface area (Å²) in [6.07, 6.45) is 2.71. The number of hydrogen-bond acceptors (Lipinski definition) is 4. The lowest BCUT2D eigenvalue weighted by molar-refractivity contribution is 0.473. The Morgan fingerprint density at radius 2 is 2.44 bits per heavy atom. The second kappa shape index (κ2) is 2.21. The van der Waals surface area contributed by atoms with E-state index in [0.29, 0.717) is 0 Å². The summed E-state index contributed by atoms with van der Waals surface area (Å²) in [6, 6.07) is 1.46. The lowest BCUT2D eigenvalue weighted by Crippen LogP contribution is -1.68. The van der Waals surface area contributed by atoms with Crippen LogP contribution in [0, 0.1) is 5.53 Å². The zero-order valence-corrected chi connectivity index (χ0v) is 4.57. The normalized spacial score (nSPS) is 8.89. The van der Waals surface area contributed by atoms with Crippen LogP contribution >= 0.6 is 0 Å². The second-order valence-corrected chi connectivity index (χ2v) is 1.48. The van der Waals surface area contributed by atoms with Crippen molar-refractivity contribution in [3.63, 3.8) is 0 Å². The molecule has 4 nitrogen and oxygen atoms in total. The van der Waals surface area contributed by atoms with Gasteiger partial charge in [-0.2, -0.15) is 5.11 Å². The Kier molecular flexibility index (Phi) is 1.40. The van der Waals surface area contributed by atoms with Crippen molar-refractivity contribution in [1.29, 1.82) is 5.53 Å². The van der Waals surface area contributed by atoms with E-state index in [1.54, 1.807) is 0 Å². The number of aromatic hydroxyl groups is 1. The molecule has 1 aromatic heterocycles. The first-order valence-electron chi connectivity index (χ1n) is 2.35. The van der Waals surface area contributed by atoms with Crippen LogP contribution in [0.4, 0.5) is 5.69 Å². The molecule has 0 aliphatic heterocycles. The minimum absolute atomic E-state index is 0.0625. The van der Waals surface area contributed by atoms with Crippen molar-refractivity contribution < 1.29 is 5.11 Å². The van der Waals surface area contributed by atoms with Gasteiger partial charge in [-0.3, -0.25) is 4.98 Å². The van der Waals surface area contributed by atoms with Crippen LogP contribution in [0.3, 0.4) is 0 Å². The van der Waals surface area contributed by atoms with Gasteiger partial charge in [-0.05, 0) is 6.07 Å². The predicted molar refractivity (Wildman–Crippen MR) is 30.7 cm³/mol. The average molecular weight is 123 g/mol. The van der Waals surface area contributed by atoms with Crippen LogP contribution in [0.2, 0.25) is 0 Å². The van der Waals surface area contributed by atoms with Gasteiger partial charge in [-0.15, -0.1) is 0 Å². The number of rotatable bonds is 1. The Morgan fingerprint density at radius 3 is 2.89 bits per heavy atom. The Morgan fingerprint density at radius 1 is 1.67 bits per heavy atom. The van der Waals surface area contributed by atoms with Crippen LogP contribution < -0.4 is 0 Å². The maximum atomic E-state index is 8.83. The Hall–Kier alpha value is -1.45. The van der Waals surface area contributed by atoms with Gasteiger partial charge >= 0.3 is 0 Å². The SMILES string of the molecule is N=Nc1ccncc1O. The highest BCUT2D eigenvalue weighted by Crippen LogP contribution is 2.22. The van der Waals surface area contributed by atoms with Crippen LogP contribution in [0.25, 0.3) is 0 Å². The smallest absolute Gasteiger partial charge is 0.161 e. The molecule has 0 fully saturated rings. The standard InChI is InChI=1S/C5H5N3O/c6-8-4-1-2-7-3-5(4)9/h1-3,6,9H. The van der Waals surface area contributed by atoms with Crippen molar-refractivity contribution >= 4 is 5.69 Å². The maximum absolute atomic E-state index is 8.83. The van der Waals surface area contributed by atoms with Crippen molar-refractivity contribution in [3.8, 4) is 5.75 Å². The first kappa shape index (κ1) is 5.68. The Balaban J connectivity index is 3.15. The van der Waals surface area contributed by atoms with Gasteiger partial charge in [0.1, 0.15) is 5.69 Å². The van der Waals surface area contributed by atoms with Gasteiger partial charge in [-0.25, -0.2) is 5.53 Å². The van der Waals surface area contributed by atoms with E-state index >= 15 is 0 Å². The topological polar surface area (TPSA) is 69.3 Å². The summed E-state index contributed by atoms with van der Waals surface area (Å²) in [5.41, 5.74) is 6.76. The second-order valence-electron chi connectivity index (χ2n) is 1.48. The summed E-state index contributed by atoms with van der Waals surface area (Å²) >= 11 is 0. The van der Waals surface area contributed by atoms with E-state index in [0.717, 1.165) is 0 Å². The van der Waals surface area contributed by atoms with Gasteiger partial charge in [0.2, 0.25) is 0 Å². The molecule has 4 heteroatoms. The van der Waals surface area contributed by atoms with E-state index < -0.39 is 0 Å². The van der Waals surface area contributed by atoms with Gasteiger partial charge in [0.05, 0.1) is 6.20 Å². The quantitative estimate of drug-likeness (QED) is 0.555. The molecule has 0 spiro atoms. The maximum Gasteiger partial charge on any atom is 0.161 e. The molecule has 0 atom stereocenters. The molecule has 0 amide bonds. The highest BCUT2D eigenvalue weighted by molar-refractivity contribution is 5.46. The largest absolute Gasteiger partial charge is 0.504 e. The number of nitrogens with one attached hydrogen (secondary N) is 1. The van der Waals surface area contributed by atoms with E-state index in [4.69, 9.17) is 10.6 Å². The van der Waals surface area contributed by atoms with Crippen LogP contribution in [-0.4, -0.2) is 10.1 Å². The fraction of sp³-hybridized carbons (Fsp3) is 0. The van der Waals surface area contributed by atoms with Gasteiger partial charge in [0.25, 0.3) is 0 Å². The van der Waals surface area contributed by atoms with E-state index in [-0.39, 0.29) is 11.4 Å². The van der Waals surface area contributed by atoms with Crippen molar-refractivity contribution in [3.05, 3.63) is 18.5 Å².